The van der Waals surface area contributed by atoms with Crippen LogP contribution < -0.4 is 23.7 Å². The minimum Gasteiger partial charge on any atom is -0.497 e. The molecular weight excluding hydrogens is 420 g/mol. The zero-order valence-electron chi connectivity index (χ0n) is 19.7. The highest BCUT2D eigenvalue weighted by Crippen LogP contribution is 2.61. The highest BCUT2D eigenvalue weighted by atomic mass is 16.5. The van der Waals surface area contributed by atoms with Crippen molar-refractivity contribution in [3.63, 3.8) is 0 Å². The molecule has 0 fully saturated rings. The fourth-order valence-corrected chi connectivity index (χ4v) is 5.57. The lowest BCUT2D eigenvalue weighted by Crippen LogP contribution is -2.21. The summed E-state index contributed by atoms with van der Waals surface area (Å²) in [5.74, 6) is 2.80. The van der Waals surface area contributed by atoms with Gasteiger partial charge in [-0.15, -0.1) is 0 Å². The van der Waals surface area contributed by atoms with E-state index in [0.717, 1.165) is 50.4 Å². The van der Waals surface area contributed by atoms with E-state index in [1.807, 2.05) is 30.3 Å². The van der Waals surface area contributed by atoms with Crippen molar-refractivity contribution >= 4 is 0 Å². The number of aryl methyl sites for hydroxylation is 1. The first-order valence-corrected chi connectivity index (χ1v) is 10.8. The average molecular weight is 449 g/mol. The van der Waals surface area contributed by atoms with Gasteiger partial charge in [-0.05, 0) is 59.0 Å². The first-order valence-electron chi connectivity index (χ1n) is 10.8. The van der Waals surface area contributed by atoms with E-state index >= 15 is 0 Å². The molecule has 0 heterocycles. The number of methoxy groups -OCH3 is 5. The molecule has 0 radical (unpaired) electrons. The molecule has 3 atom stereocenters. The van der Waals surface area contributed by atoms with Crippen LogP contribution in [-0.4, -0.2) is 40.7 Å². The number of rotatable bonds is 5. The first kappa shape index (κ1) is 21.5. The molecule has 3 aromatic rings. The Morgan fingerprint density at radius 2 is 1.18 bits per heavy atom. The Morgan fingerprint density at radius 3 is 1.79 bits per heavy atom. The van der Waals surface area contributed by atoms with Crippen molar-refractivity contribution in [1.82, 2.24) is 0 Å². The Hall–Kier alpha value is -3.38. The molecular formula is C27H28O6. The maximum Gasteiger partial charge on any atom is 0.161 e. The van der Waals surface area contributed by atoms with Crippen LogP contribution in [0.2, 0.25) is 0 Å². The highest BCUT2D eigenvalue weighted by Gasteiger charge is 2.46. The maximum atomic E-state index is 11.9. The molecule has 0 saturated carbocycles. The van der Waals surface area contributed by atoms with Crippen LogP contribution in [-0.2, 0) is 0 Å². The normalized spacial score (nSPS) is 19.7. The molecule has 6 nitrogen and oxygen atoms in total. The Balaban J connectivity index is 1.95. The van der Waals surface area contributed by atoms with E-state index in [4.69, 9.17) is 23.7 Å². The molecule has 3 aliphatic rings. The molecule has 2 bridgehead atoms. The van der Waals surface area contributed by atoms with Gasteiger partial charge in [-0.3, -0.25) is 0 Å². The van der Waals surface area contributed by atoms with Gasteiger partial charge in [0.05, 0.1) is 41.7 Å². The summed E-state index contributed by atoms with van der Waals surface area (Å²) in [4.78, 5) is 0. The summed E-state index contributed by atoms with van der Waals surface area (Å²) in [6, 6.07) is 12.0. The van der Waals surface area contributed by atoms with Crippen LogP contribution in [0.1, 0.15) is 56.9 Å². The van der Waals surface area contributed by atoms with Crippen molar-refractivity contribution in [2.45, 2.75) is 24.9 Å². The summed E-state index contributed by atoms with van der Waals surface area (Å²) in [7, 11) is 8.19. The number of hydrogen-bond acceptors (Lipinski definition) is 6. The molecule has 6 heteroatoms. The van der Waals surface area contributed by atoms with Gasteiger partial charge >= 0.3 is 0 Å². The van der Waals surface area contributed by atoms with Gasteiger partial charge in [-0.2, -0.15) is 0 Å². The second-order valence-electron chi connectivity index (χ2n) is 8.49. The summed E-state index contributed by atoms with van der Waals surface area (Å²) >= 11 is 0. The fourth-order valence-electron chi connectivity index (χ4n) is 5.57. The van der Waals surface area contributed by atoms with Gasteiger partial charge in [-0.1, -0.05) is 6.07 Å². The number of aliphatic hydroxyl groups is 1. The van der Waals surface area contributed by atoms with Gasteiger partial charge in [0.1, 0.15) is 17.2 Å². The lowest BCUT2D eigenvalue weighted by molar-refractivity contribution is 0.157. The molecule has 3 aliphatic carbocycles. The predicted octanol–water partition coefficient (Wildman–Crippen LogP) is 4.71. The Labute approximate surface area is 193 Å². The van der Waals surface area contributed by atoms with Crippen molar-refractivity contribution in [3.05, 3.63) is 75.3 Å². The minimum absolute atomic E-state index is 0.187. The Morgan fingerprint density at radius 1 is 0.576 bits per heavy atom. The molecule has 33 heavy (non-hydrogen) atoms. The second-order valence-corrected chi connectivity index (χ2v) is 8.49. The van der Waals surface area contributed by atoms with E-state index in [1.165, 1.54) is 0 Å². The van der Waals surface area contributed by atoms with Crippen molar-refractivity contribution in [1.29, 1.82) is 0 Å². The Kier molecular flexibility index (Phi) is 5.13. The number of ether oxygens (including phenoxy) is 5. The van der Waals surface area contributed by atoms with Gasteiger partial charge in [0, 0.05) is 29.0 Å². The third-order valence-corrected chi connectivity index (χ3v) is 6.92. The second kappa shape index (κ2) is 7.89. The minimum atomic E-state index is -0.835. The summed E-state index contributed by atoms with van der Waals surface area (Å²) in [6.45, 7) is 2.06. The van der Waals surface area contributed by atoms with Gasteiger partial charge in [0.2, 0.25) is 0 Å². The zero-order chi connectivity index (χ0) is 23.4. The lowest BCUT2D eigenvalue weighted by Gasteiger charge is -2.34. The van der Waals surface area contributed by atoms with Crippen molar-refractivity contribution < 1.29 is 28.8 Å². The van der Waals surface area contributed by atoms with Crippen LogP contribution in [0.4, 0.5) is 0 Å². The van der Waals surface area contributed by atoms with E-state index < -0.39 is 6.10 Å². The largest absolute Gasteiger partial charge is 0.497 e. The van der Waals surface area contributed by atoms with Gasteiger partial charge < -0.3 is 28.8 Å². The first-order chi connectivity index (χ1) is 16.0. The van der Waals surface area contributed by atoms with E-state index in [9.17, 15) is 5.11 Å². The van der Waals surface area contributed by atoms with Crippen LogP contribution in [0, 0.1) is 6.92 Å². The molecule has 3 unspecified atom stereocenters. The van der Waals surface area contributed by atoms with Crippen LogP contribution in [0.25, 0.3) is 0 Å². The smallest absolute Gasteiger partial charge is 0.161 e. The van der Waals surface area contributed by atoms with E-state index in [2.05, 4.69) is 13.0 Å². The molecule has 3 aromatic carbocycles. The molecule has 172 valence electrons. The van der Waals surface area contributed by atoms with E-state index in [0.29, 0.717) is 17.2 Å². The van der Waals surface area contributed by atoms with Crippen LogP contribution >= 0.6 is 0 Å². The summed E-state index contributed by atoms with van der Waals surface area (Å²) in [5.41, 5.74) is 6.91. The molecule has 0 saturated heterocycles. The van der Waals surface area contributed by atoms with Gasteiger partial charge in [0.15, 0.2) is 11.5 Å². The van der Waals surface area contributed by atoms with E-state index in [-0.39, 0.29) is 11.8 Å². The quantitative estimate of drug-likeness (QED) is 0.610. The lowest BCUT2D eigenvalue weighted by atomic mass is 9.71. The molecule has 0 spiro atoms. The standard InChI is InChI=1S/C27H28O6/c1-13-7-17-23-15-11-19(30-3)20(31-4)12-16(15)27(28)26(25(17)21(8-13)32-5)18-9-14(29-2)10-22(33-6)24(18)23/h7-12,23,26-28H,1-6H3. The van der Waals surface area contributed by atoms with Gasteiger partial charge in [0.25, 0.3) is 0 Å². The van der Waals surface area contributed by atoms with Crippen LogP contribution in [0.3, 0.4) is 0 Å². The fraction of sp³-hybridized carbons (Fsp3) is 0.333. The monoisotopic (exact) mass is 448 g/mol. The topological polar surface area (TPSA) is 66.4 Å². The summed E-state index contributed by atoms with van der Waals surface area (Å²) < 4.78 is 28.5. The number of aliphatic hydroxyl groups excluding tert-OH is 1. The predicted molar refractivity (Wildman–Crippen MR) is 125 cm³/mol. The SMILES string of the molecule is COc1cc(OC)c2c(c1)C1c3c(OC)cc(C)cc3C2c2cc(OC)c(OC)cc2C1O. The molecule has 6 rings (SSSR count). The summed E-state index contributed by atoms with van der Waals surface area (Å²) in [5, 5.41) is 11.9. The average Bonchev–Trinajstić information content (AvgIpc) is 3.00. The zero-order valence-corrected chi connectivity index (χ0v) is 19.7. The Bertz CT molecular complexity index is 1250. The van der Waals surface area contributed by atoms with Crippen molar-refractivity contribution in [2.24, 2.45) is 0 Å². The maximum absolute atomic E-state index is 11.9. The van der Waals surface area contributed by atoms with Crippen LogP contribution in [0.5, 0.6) is 28.7 Å². The highest BCUT2D eigenvalue weighted by molar-refractivity contribution is 5.71. The van der Waals surface area contributed by atoms with Crippen molar-refractivity contribution in [2.75, 3.05) is 35.5 Å². The van der Waals surface area contributed by atoms with E-state index in [1.54, 1.807) is 35.5 Å². The van der Waals surface area contributed by atoms with Crippen molar-refractivity contribution in [3.8, 4) is 28.7 Å². The molecule has 1 N–H and O–H groups in total. The molecule has 0 amide bonds. The molecule has 0 aliphatic heterocycles. The summed E-state index contributed by atoms with van der Waals surface area (Å²) in [6.07, 6.45) is -0.835. The van der Waals surface area contributed by atoms with Gasteiger partial charge in [-0.25, -0.2) is 0 Å². The molecule has 0 aromatic heterocycles. The number of benzene rings is 3. The third-order valence-electron chi connectivity index (χ3n) is 6.92. The third kappa shape index (κ3) is 2.97. The van der Waals surface area contributed by atoms with Crippen LogP contribution in [0.15, 0.2) is 36.4 Å². The number of hydrogen-bond donors (Lipinski definition) is 1.